The van der Waals surface area contributed by atoms with Gasteiger partial charge >= 0.3 is 0 Å². The van der Waals surface area contributed by atoms with Gasteiger partial charge in [-0.05, 0) is 101 Å². The molecule has 1 heterocycles. The van der Waals surface area contributed by atoms with Gasteiger partial charge in [0.25, 0.3) is 0 Å². The Hall–Kier alpha value is -6.49. The van der Waals surface area contributed by atoms with Gasteiger partial charge < -0.3 is 77.0 Å². The van der Waals surface area contributed by atoms with E-state index < -0.39 is 77.6 Å². The maximum Gasteiger partial charge on any atom is 0.243 e. The number of nitrogens with two attached hydrogens (primary N) is 7. The summed E-state index contributed by atoms with van der Waals surface area (Å²) in [6.45, 7) is 6.93. The number of para-hydroxylation sites is 1. The van der Waals surface area contributed by atoms with E-state index >= 15 is 0 Å². The number of hydrogen-bond donors (Lipinski definition) is 14. The van der Waals surface area contributed by atoms with E-state index in [-0.39, 0.29) is 69.4 Å². The maximum atomic E-state index is 14.6. The molecular weight excluding hydrogens is 1040 g/mol. The smallest absolute Gasteiger partial charge is 0.243 e. The molecule has 82 heavy (non-hydrogen) atoms. The highest BCUT2D eigenvalue weighted by molar-refractivity contribution is 5.97. The normalized spacial score (nSPS) is 13.8. The number of nitrogens with one attached hydrogen (secondary N) is 7. The molecule has 23 heteroatoms. The fraction of sp³-hybridized carbons (Fsp3) is 0.712. The number of rotatable bonds is 48. The van der Waals surface area contributed by atoms with Gasteiger partial charge in [0.15, 0.2) is 11.9 Å². The molecule has 21 N–H and O–H groups in total. The number of carbonyl (C=O) groups excluding carboxylic acids is 7. The summed E-state index contributed by atoms with van der Waals surface area (Å²) in [7, 11) is 0. The van der Waals surface area contributed by atoms with Crippen molar-refractivity contribution in [2.24, 2.45) is 56.0 Å². The molecule has 0 saturated carbocycles. The van der Waals surface area contributed by atoms with Crippen LogP contribution in [0.2, 0.25) is 0 Å². The highest BCUT2D eigenvalue weighted by Gasteiger charge is 2.35. The molecule has 2 aromatic rings. The number of nitrogens with zero attached hydrogens (tertiary/aromatic N) is 2. The Bertz CT molecular complexity index is 2230. The molecule has 0 fully saturated rings. The third kappa shape index (κ3) is 30.5. The minimum absolute atomic E-state index is 0.00377. The highest BCUT2D eigenvalue weighted by atomic mass is 16.2. The van der Waals surface area contributed by atoms with Crippen molar-refractivity contribution in [3.8, 4) is 0 Å². The number of amides is 7. The van der Waals surface area contributed by atoms with E-state index in [4.69, 9.17) is 40.1 Å². The number of hydrogen-bond acceptors (Lipinski definition) is 11. The monoisotopic (exact) mass is 1150 g/mol. The van der Waals surface area contributed by atoms with Gasteiger partial charge in [0.1, 0.15) is 36.3 Å². The lowest BCUT2D eigenvalue weighted by Gasteiger charge is -2.29. The summed E-state index contributed by atoms with van der Waals surface area (Å²) in [5, 5.41) is 17.8. The first-order chi connectivity index (χ1) is 39.4. The van der Waals surface area contributed by atoms with Crippen molar-refractivity contribution in [2.75, 3.05) is 26.2 Å². The summed E-state index contributed by atoms with van der Waals surface area (Å²) in [5.41, 5.74) is 41.0. The molecule has 1 aromatic carbocycles. The second-order valence-corrected chi connectivity index (χ2v) is 21.9. The molecule has 7 atom stereocenters. The molecule has 0 bridgehead atoms. The first kappa shape index (κ1) is 71.6. The SMILES string of the molecule is CCCCCCCCCCCCCCCCCC(=O)N[C@@H](CCCCN)C(=O)N[C@H](C(=O)N[C@@H](CCCCN)C(=O)N[C@@H](CCCN=C(N)N)C(=O)N[C@@H](Cc1c[nH]c2ccccc12)C(=O)N[C@@H](CCCN=C(N)N)C(N)=O)[C@@H](C)CC. The fourth-order valence-electron chi connectivity index (χ4n) is 9.77. The van der Waals surface area contributed by atoms with Crippen molar-refractivity contribution in [1.82, 2.24) is 36.9 Å². The number of aliphatic imine (C=N–C) groups is 2. The number of unbranched alkanes of at least 4 members (excludes halogenated alkanes) is 16. The molecule has 1 aromatic heterocycles. The zero-order valence-electron chi connectivity index (χ0n) is 49.8. The molecule has 7 amide bonds. The Labute approximate surface area is 488 Å². The maximum absolute atomic E-state index is 14.6. The first-order valence-electron chi connectivity index (χ1n) is 30.6. The predicted octanol–water partition coefficient (Wildman–Crippen LogP) is 3.78. The minimum Gasteiger partial charge on any atom is -0.370 e. The second-order valence-electron chi connectivity index (χ2n) is 21.9. The van der Waals surface area contributed by atoms with Crippen molar-refractivity contribution in [3.63, 3.8) is 0 Å². The lowest BCUT2D eigenvalue weighted by Crippen LogP contribution is -2.60. The zero-order chi connectivity index (χ0) is 60.5. The van der Waals surface area contributed by atoms with Gasteiger partial charge in [0.05, 0.1) is 0 Å². The number of aromatic nitrogens is 1. The Morgan fingerprint density at radius 2 is 0.915 bits per heavy atom. The Morgan fingerprint density at radius 1 is 0.488 bits per heavy atom. The average molecular weight is 1150 g/mol. The zero-order valence-corrected chi connectivity index (χ0v) is 49.8. The molecular formula is C59H106N16O7. The van der Waals surface area contributed by atoms with Crippen LogP contribution in [0.5, 0.6) is 0 Å². The molecule has 0 radical (unpaired) electrons. The lowest BCUT2D eigenvalue weighted by atomic mass is 9.96. The van der Waals surface area contributed by atoms with E-state index in [1.807, 2.05) is 38.1 Å². The number of guanidine groups is 2. The molecule has 23 nitrogen and oxygen atoms in total. The van der Waals surface area contributed by atoms with Crippen molar-refractivity contribution >= 4 is 64.2 Å². The lowest BCUT2D eigenvalue weighted by molar-refractivity contribution is -0.136. The molecule has 0 saturated heterocycles. The molecule has 0 aliphatic rings. The van der Waals surface area contributed by atoms with Crippen LogP contribution in [0.4, 0.5) is 0 Å². The van der Waals surface area contributed by atoms with Gasteiger partial charge in [-0.25, -0.2) is 0 Å². The van der Waals surface area contributed by atoms with Crippen LogP contribution in [0, 0.1) is 5.92 Å². The van der Waals surface area contributed by atoms with Gasteiger partial charge in [-0.2, -0.15) is 0 Å². The van der Waals surface area contributed by atoms with Gasteiger partial charge in [-0.15, -0.1) is 0 Å². The van der Waals surface area contributed by atoms with E-state index in [2.05, 4.69) is 53.8 Å². The number of H-pyrrole nitrogens is 1. The van der Waals surface area contributed by atoms with Gasteiger partial charge in [-0.3, -0.25) is 43.5 Å². The minimum atomic E-state index is -1.29. The number of primary amides is 1. The predicted molar refractivity (Wildman–Crippen MR) is 327 cm³/mol. The number of benzene rings is 1. The largest absolute Gasteiger partial charge is 0.370 e. The van der Waals surface area contributed by atoms with Crippen LogP contribution in [-0.4, -0.2) is 121 Å². The fourth-order valence-corrected chi connectivity index (χ4v) is 9.77. The van der Waals surface area contributed by atoms with Gasteiger partial charge in [0.2, 0.25) is 41.4 Å². The van der Waals surface area contributed by atoms with Crippen LogP contribution in [0.15, 0.2) is 40.4 Å². The first-order valence-corrected chi connectivity index (χ1v) is 30.6. The molecule has 0 aliphatic carbocycles. The summed E-state index contributed by atoms with van der Waals surface area (Å²) in [6.07, 6.45) is 23.8. The van der Waals surface area contributed by atoms with E-state index in [9.17, 15) is 33.6 Å². The van der Waals surface area contributed by atoms with Gasteiger partial charge in [0, 0.05) is 43.0 Å². The number of aromatic amines is 1. The van der Waals surface area contributed by atoms with Crippen LogP contribution in [0.25, 0.3) is 10.9 Å². The number of carbonyl (C=O) groups is 7. The average Bonchev–Trinajstić information content (AvgIpc) is 3.88. The summed E-state index contributed by atoms with van der Waals surface area (Å²) in [5.74, 6) is -5.10. The van der Waals surface area contributed by atoms with Crippen LogP contribution >= 0.6 is 0 Å². The van der Waals surface area contributed by atoms with Crippen molar-refractivity contribution in [2.45, 2.75) is 237 Å². The molecule has 0 unspecified atom stereocenters. The van der Waals surface area contributed by atoms with Crippen molar-refractivity contribution in [3.05, 3.63) is 36.0 Å². The van der Waals surface area contributed by atoms with Crippen molar-refractivity contribution < 1.29 is 33.6 Å². The topological polar surface area (TPSA) is 414 Å². The molecule has 464 valence electrons. The van der Waals surface area contributed by atoms with E-state index in [1.54, 1.807) is 6.20 Å². The highest BCUT2D eigenvalue weighted by Crippen LogP contribution is 2.21. The van der Waals surface area contributed by atoms with Crippen LogP contribution in [0.1, 0.15) is 200 Å². The molecule has 0 aliphatic heterocycles. The second kappa shape index (κ2) is 43.2. The Kier molecular flexibility index (Phi) is 37.8. The third-order valence-corrected chi connectivity index (χ3v) is 14.9. The number of fused-ring (bicyclic) bond motifs is 1. The standard InChI is InChI=1S/C59H106N16O7/c1-4-6-7-8-9-10-11-12-13-14-15-16-17-18-19-34-50(76)70-46(30-22-24-35-60)55(80)75-51(41(3)5-2)57(82)73-47(31-23-25-36-61)53(78)72-48(33-27-38-68-59(65)66)54(79)74-49(39-42-40-69-44-29-21-20-28-43(42)44)56(81)71-45(52(62)77)32-26-37-67-58(63)64/h20-21,28-29,40-41,45-49,51,69H,4-19,22-27,30-39,60-61H2,1-3H3,(H2,62,77)(H,70,76)(H,71,81)(H,72,78)(H,73,82)(H,74,79)(H,75,80)(H4,63,64,67)(H4,65,66,68)/t41-,45-,46-,47-,48-,49-,51-/m0/s1. The van der Waals surface area contributed by atoms with E-state index in [1.165, 1.54) is 70.6 Å². The third-order valence-electron chi connectivity index (χ3n) is 14.9. The van der Waals surface area contributed by atoms with E-state index in [0.717, 1.165) is 30.2 Å². The summed E-state index contributed by atoms with van der Waals surface area (Å²) in [6, 6.07) is 0.448. The Balaban J connectivity index is 2.29. The molecule has 0 spiro atoms. The molecule has 2 rings (SSSR count). The van der Waals surface area contributed by atoms with Crippen LogP contribution < -0.4 is 72.0 Å². The van der Waals surface area contributed by atoms with Crippen LogP contribution in [0.3, 0.4) is 0 Å². The van der Waals surface area contributed by atoms with Crippen molar-refractivity contribution in [1.29, 1.82) is 0 Å². The van der Waals surface area contributed by atoms with E-state index in [0.29, 0.717) is 70.0 Å². The summed E-state index contributed by atoms with van der Waals surface area (Å²) < 4.78 is 0. The Morgan fingerprint density at radius 3 is 1.41 bits per heavy atom. The summed E-state index contributed by atoms with van der Waals surface area (Å²) in [4.78, 5) is 109. The quantitative estimate of drug-likeness (QED) is 0.0255. The van der Waals surface area contributed by atoms with Gasteiger partial charge in [-0.1, -0.05) is 135 Å². The summed E-state index contributed by atoms with van der Waals surface area (Å²) >= 11 is 0. The van der Waals surface area contributed by atoms with Crippen LogP contribution in [-0.2, 0) is 40.0 Å².